The van der Waals surface area contributed by atoms with Crippen LogP contribution in [0.1, 0.15) is 17.0 Å². The molecule has 0 amide bonds. The van der Waals surface area contributed by atoms with Gasteiger partial charge < -0.3 is 10.2 Å². The number of halogens is 1. The molecule has 0 spiro atoms. The first-order valence-electron chi connectivity index (χ1n) is 5.81. The number of fused-ring (bicyclic) bond motifs is 1. The van der Waals surface area contributed by atoms with Gasteiger partial charge in [0, 0.05) is 17.3 Å². The Hall–Kier alpha value is -1.58. The Morgan fingerprint density at radius 2 is 2.22 bits per heavy atom. The van der Waals surface area contributed by atoms with Gasteiger partial charge in [-0.25, -0.2) is 0 Å². The summed E-state index contributed by atoms with van der Waals surface area (Å²) in [7, 11) is 0. The predicted molar refractivity (Wildman–Crippen MR) is 70.8 cm³/mol. The zero-order valence-electron chi connectivity index (χ0n) is 9.60. The number of hydrogen-bond acceptors (Lipinski definition) is 3. The van der Waals surface area contributed by atoms with E-state index in [0.717, 1.165) is 5.39 Å². The number of hydrogen-bond donors (Lipinski definition) is 1. The van der Waals surface area contributed by atoms with Crippen LogP contribution in [0.2, 0.25) is 5.02 Å². The molecular weight excluding hydrogens is 250 g/mol. The number of carbonyl (C=O) groups excluding carboxylic acids is 1. The molecule has 0 radical (unpaired) electrons. The highest BCUT2D eigenvalue weighted by atomic mass is 35.5. The molecule has 0 bridgehead atoms. The minimum Gasteiger partial charge on any atom is -0.451 e. The zero-order chi connectivity index (χ0) is 12.7. The maximum Gasteiger partial charge on any atom is 0.204 e. The summed E-state index contributed by atoms with van der Waals surface area (Å²) in [5, 5.41) is 1.36. The molecule has 1 aliphatic rings. The number of para-hydroxylation sites is 1. The highest BCUT2D eigenvalue weighted by molar-refractivity contribution is 6.34. The van der Waals surface area contributed by atoms with E-state index >= 15 is 0 Å². The predicted octanol–water partition coefficient (Wildman–Crippen LogP) is 3.17. The van der Waals surface area contributed by atoms with Gasteiger partial charge in [0.15, 0.2) is 11.3 Å². The number of ketones is 1. The molecule has 4 heteroatoms. The second-order valence-corrected chi connectivity index (χ2v) is 4.93. The van der Waals surface area contributed by atoms with E-state index in [1.807, 2.05) is 24.3 Å². The number of rotatable bonds is 2. The summed E-state index contributed by atoms with van der Waals surface area (Å²) >= 11 is 6.02. The van der Waals surface area contributed by atoms with Crippen LogP contribution in [0, 0.1) is 5.92 Å². The van der Waals surface area contributed by atoms with Gasteiger partial charge >= 0.3 is 0 Å². The van der Waals surface area contributed by atoms with E-state index in [1.54, 1.807) is 12.1 Å². The van der Waals surface area contributed by atoms with Crippen molar-refractivity contribution in [3.8, 4) is 0 Å². The molecule has 2 N–H and O–H groups in total. The molecule has 1 aromatic carbocycles. The van der Waals surface area contributed by atoms with Crippen molar-refractivity contribution in [3.63, 3.8) is 0 Å². The van der Waals surface area contributed by atoms with E-state index in [0.29, 0.717) is 22.8 Å². The van der Waals surface area contributed by atoms with E-state index in [2.05, 4.69) is 0 Å². The van der Waals surface area contributed by atoms with Gasteiger partial charge in [0.2, 0.25) is 5.78 Å². The highest BCUT2D eigenvalue weighted by Gasteiger charge is 2.26. The van der Waals surface area contributed by atoms with Crippen LogP contribution < -0.4 is 5.73 Å². The third kappa shape index (κ3) is 1.85. The summed E-state index contributed by atoms with van der Waals surface area (Å²) in [6, 6.07) is 7.15. The smallest absolute Gasteiger partial charge is 0.204 e. The van der Waals surface area contributed by atoms with Crippen LogP contribution in [0.4, 0.5) is 0 Å². The molecule has 2 atom stereocenters. The molecule has 3 nitrogen and oxygen atoms in total. The first-order valence-corrected chi connectivity index (χ1v) is 6.19. The first kappa shape index (κ1) is 11.5. The standard InChI is InChI=1S/C14H12ClNO2/c15-11-3-1-2-9-7-12(18-14(9)11)13(17)8-4-5-10(16)6-8/h1-5,7-8,10H,6,16H2. The van der Waals surface area contributed by atoms with Gasteiger partial charge in [0.05, 0.1) is 5.02 Å². The van der Waals surface area contributed by atoms with Crippen molar-refractivity contribution in [1.82, 2.24) is 0 Å². The van der Waals surface area contributed by atoms with Crippen molar-refractivity contribution >= 4 is 28.4 Å². The summed E-state index contributed by atoms with van der Waals surface area (Å²) < 4.78 is 5.55. The number of furan rings is 1. The fraction of sp³-hybridized carbons (Fsp3) is 0.214. The highest BCUT2D eigenvalue weighted by Crippen LogP contribution is 2.29. The average molecular weight is 262 g/mol. The fourth-order valence-corrected chi connectivity index (χ4v) is 2.47. The Labute approximate surface area is 109 Å². The van der Waals surface area contributed by atoms with Crippen molar-refractivity contribution in [2.45, 2.75) is 12.5 Å². The minimum atomic E-state index is -0.181. The van der Waals surface area contributed by atoms with Gasteiger partial charge in [-0.05, 0) is 18.6 Å². The van der Waals surface area contributed by atoms with Crippen LogP contribution in [-0.2, 0) is 0 Å². The van der Waals surface area contributed by atoms with E-state index in [1.165, 1.54) is 0 Å². The van der Waals surface area contributed by atoms with E-state index < -0.39 is 0 Å². The maximum absolute atomic E-state index is 12.2. The molecule has 0 fully saturated rings. The van der Waals surface area contributed by atoms with E-state index in [9.17, 15) is 4.79 Å². The lowest BCUT2D eigenvalue weighted by molar-refractivity contribution is 0.0917. The third-order valence-corrected chi connectivity index (χ3v) is 3.49. The second-order valence-electron chi connectivity index (χ2n) is 4.52. The molecule has 2 unspecified atom stereocenters. The Kier molecular flexibility index (Phi) is 2.73. The lowest BCUT2D eigenvalue weighted by Crippen LogP contribution is -2.18. The van der Waals surface area contributed by atoms with E-state index in [4.69, 9.17) is 21.8 Å². The monoisotopic (exact) mass is 261 g/mol. The molecule has 18 heavy (non-hydrogen) atoms. The summed E-state index contributed by atoms with van der Waals surface area (Å²) in [5.74, 6) is 0.132. The van der Waals surface area contributed by atoms with Crippen LogP contribution in [0.5, 0.6) is 0 Å². The SMILES string of the molecule is NC1C=CC(C(=O)c2cc3cccc(Cl)c3o2)C1. The molecule has 1 aromatic heterocycles. The molecule has 0 saturated heterocycles. The largest absolute Gasteiger partial charge is 0.451 e. The summed E-state index contributed by atoms with van der Waals surface area (Å²) in [4.78, 5) is 12.2. The molecule has 1 heterocycles. The number of Topliss-reactive ketones (excluding diaryl/α,β-unsaturated/α-hetero) is 1. The molecule has 1 aliphatic carbocycles. The fourth-order valence-electron chi connectivity index (χ4n) is 2.25. The molecule has 0 saturated carbocycles. The molecular formula is C14H12ClNO2. The summed E-state index contributed by atoms with van der Waals surface area (Å²) in [5.41, 5.74) is 6.31. The van der Waals surface area contributed by atoms with Gasteiger partial charge in [-0.3, -0.25) is 4.79 Å². The van der Waals surface area contributed by atoms with Crippen LogP contribution in [-0.4, -0.2) is 11.8 Å². The Morgan fingerprint density at radius 1 is 1.39 bits per heavy atom. The van der Waals surface area contributed by atoms with Crippen LogP contribution in [0.3, 0.4) is 0 Å². The maximum atomic E-state index is 12.2. The van der Waals surface area contributed by atoms with Crippen LogP contribution >= 0.6 is 11.6 Å². The Balaban J connectivity index is 1.97. The zero-order valence-corrected chi connectivity index (χ0v) is 10.4. The van der Waals surface area contributed by atoms with Gasteiger partial charge in [0.1, 0.15) is 0 Å². The third-order valence-electron chi connectivity index (χ3n) is 3.19. The molecule has 2 aromatic rings. The van der Waals surface area contributed by atoms with Gasteiger partial charge in [0.25, 0.3) is 0 Å². The lowest BCUT2D eigenvalue weighted by Gasteiger charge is -2.05. The van der Waals surface area contributed by atoms with Gasteiger partial charge in [-0.1, -0.05) is 35.9 Å². The Bertz CT molecular complexity index is 644. The van der Waals surface area contributed by atoms with Crippen molar-refractivity contribution in [2.75, 3.05) is 0 Å². The van der Waals surface area contributed by atoms with Crippen LogP contribution in [0.25, 0.3) is 11.0 Å². The van der Waals surface area contributed by atoms with Gasteiger partial charge in [-0.15, -0.1) is 0 Å². The van der Waals surface area contributed by atoms with Crippen LogP contribution in [0.15, 0.2) is 40.8 Å². The van der Waals surface area contributed by atoms with Gasteiger partial charge in [-0.2, -0.15) is 0 Å². The quantitative estimate of drug-likeness (QED) is 0.667. The number of benzene rings is 1. The summed E-state index contributed by atoms with van der Waals surface area (Å²) in [6.45, 7) is 0. The average Bonchev–Trinajstić information content (AvgIpc) is 2.95. The van der Waals surface area contributed by atoms with Crippen molar-refractivity contribution in [1.29, 1.82) is 0 Å². The molecule has 0 aliphatic heterocycles. The van der Waals surface area contributed by atoms with Crippen molar-refractivity contribution in [3.05, 3.63) is 47.2 Å². The topological polar surface area (TPSA) is 56.2 Å². The number of nitrogens with two attached hydrogens (primary N) is 1. The molecule has 3 rings (SSSR count). The van der Waals surface area contributed by atoms with E-state index in [-0.39, 0.29) is 17.7 Å². The number of carbonyl (C=O) groups is 1. The lowest BCUT2D eigenvalue weighted by atomic mass is 10.0. The minimum absolute atomic E-state index is 0.0353. The summed E-state index contributed by atoms with van der Waals surface area (Å²) in [6.07, 6.45) is 4.35. The van der Waals surface area contributed by atoms with Crippen molar-refractivity contribution in [2.24, 2.45) is 11.7 Å². The second kappa shape index (κ2) is 4.26. The normalized spacial score (nSPS) is 22.8. The first-order chi connectivity index (χ1) is 8.65. The van der Waals surface area contributed by atoms with Crippen molar-refractivity contribution < 1.29 is 9.21 Å². The number of allylic oxidation sites excluding steroid dienone is 1. The Morgan fingerprint density at radius 3 is 2.89 bits per heavy atom. The molecule has 92 valence electrons.